The molecule has 0 bridgehead atoms. The number of esters is 3. The van der Waals surface area contributed by atoms with Crippen molar-refractivity contribution in [1.82, 2.24) is 9.55 Å². The van der Waals surface area contributed by atoms with E-state index in [1.54, 1.807) is 36.8 Å². The summed E-state index contributed by atoms with van der Waals surface area (Å²) in [6.07, 6.45) is 26.0. The highest BCUT2D eigenvalue weighted by atomic mass is 35.5. The molecule has 1 unspecified atom stereocenters. The fraction of sp³-hybridized carbons (Fsp3) is 0.633. The van der Waals surface area contributed by atoms with E-state index in [9.17, 15) is 19.5 Å². The molecule has 0 amide bonds. The minimum Gasteiger partial charge on any atom is -0.854 e. The van der Waals surface area contributed by atoms with Crippen molar-refractivity contribution in [3.05, 3.63) is 86.3 Å². The topological polar surface area (TPSA) is 129 Å². The van der Waals surface area contributed by atoms with Gasteiger partial charge in [-0.1, -0.05) is 182 Å². The van der Waals surface area contributed by atoms with E-state index in [0.29, 0.717) is 46.1 Å². The Kier molecular flexibility index (Phi) is 32.5. The van der Waals surface area contributed by atoms with Gasteiger partial charge in [0.25, 0.3) is 0 Å². The van der Waals surface area contributed by atoms with Gasteiger partial charge in [-0.2, -0.15) is 0 Å². The molecule has 0 radical (unpaired) electrons. The van der Waals surface area contributed by atoms with Crippen LogP contribution in [-0.2, 0) is 46.5 Å². The standard InChI is InChI=1S/C31H57O7.C18H14Cl4N2O/c1-3-5-7-9-11-13-15-17-19-22-29(33)36-26-28(38-31(35)24-21-25-32)27-37-30(34)23-20-18-16-14-12-10-8-6-4-2;19-13-2-1-12(16(21)7-13)10-25-18(9-24-6-5-23-11-24)15-4-3-14(20)8-17(15)22/h28H,3-27H2,1-2H3;1-8,11,18H,9-10H2/q-1;. The predicted molar refractivity (Wildman–Crippen MR) is 252 cm³/mol. The lowest BCUT2D eigenvalue weighted by molar-refractivity contribution is -0.368. The molecule has 10 nitrogen and oxygen atoms in total. The summed E-state index contributed by atoms with van der Waals surface area (Å²) in [7, 11) is 0. The zero-order valence-electron chi connectivity index (χ0n) is 37.6. The maximum atomic E-state index is 12.1. The van der Waals surface area contributed by atoms with Crippen LogP contribution in [0.15, 0.2) is 55.1 Å². The van der Waals surface area contributed by atoms with Crippen LogP contribution < -0.4 is 5.11 Å². The number of rotatable bonds is 34. The number of unbranched alkanes of at least 4 members (excludes halogenated alkanes) is 16. The molecule has 1 aromatic heterocycles. The zero-order chi connectivity index (χ0) is 45.9. The number of aromatic nitrogens is 2. The molecule has 0 N–H and O–H groups in total. The molecule has 0 aliphatic heterocycles. The summed E-state index contributed by atoms with van der Waals surface area (Å²) in [5, 5.41) is 12.9. The third-order valence-electron chi connectivity index (χ3n) is 10.4. The van der Waals surface area contributed by atoms with Crippen LogP contribution in [0.1, 0.15) is 172 Å². The predicted octanol–water partition coefficient (Wildman–Crippen LogP) is 13.4. The first-order valence-electron chi connectivity index (χ1n) is 23.1. The maximum absolute atomic E-state index is 12.1. The van der Waals surface area contributed by atoms with Crippen molar-refractivity contribution in [2.24, 2.45) is 0 Å². The van der Waals surface area contributed by atoms with E-state index in [1.165, 1.54) is 77.0 Å². The van der Waals surface area contributed by atoms with E-state index in [4.69, 9.17) is 65.4 Å². The molecular formula is C49H71Cl4N2O8-. The molecule has 14 heteroatoms. The van der Waals surface area contributed by atoms with Gasteiger partial charge in [-0.3, -0.25) is 14.4 Å². The van der Waals surface area contributed by atoms with Crippen LogP contribution in [0.3, 0.4) is 0 Å². The van der Waals surface area contributed by atoms with Crippen molar-refractivity contribution in [1.29, 1.82) is 0 Å². The highest BCUT2D eigenvalue weighted by Crippen LogP contribution is 2.31. The first-order valence-corrected chi connectivity index (χ1v) is 24.6. The van der Waals surface area contributed by atoms with E-state index in [0.717, 1.165) is 49.7 Å². The Morgan fingerprint density at radius 2 is 1.13 bits per heavy atom. The third kappa shape index (κ3) is 27.9. The first kappa shape index (κ1) is 56.3. The summed E-state index contributed by atoms with van der Waals surface area (Å²) >= 11 is 24.5. The number of carbonyl (C=O) groups is 3. The molecule has 354 valence electrons. The lowest BCUT2D eigenvalue weighted by Gasteiger charge is -2.21. The summed E-state index contributed by atoms with van der Waals surface area (Å²) in [5.74, 6) is -1.22. The Hall–Kier alpha value is -2.86. The van der Waals surface area contributed by atoms with E-state index >= 15 is 0 Å². The molecule has 0 spiro atoms. The van der Waals surface area contributed by atoms with Crippen LogP contribution in [0.2, 0.25) is 20.1 Å². The van der Waals surface area contributed by atoms with Crippen molar-refractivity contribution in [3.63, 3.8) is 0 Å². The minimum atomic E-state index is -0.853. The fourth-order valence-corrected chi connectivity index (χ4v) is 7.67. The number of hydrogen-bond donors (Lipinski definition) is 0. The van der Waals surface area contributed by atoms with Crippen LogP contribution in [-0.4, -0.2) is 53.4 Å². The van der Waals surface area contributed by atoms with Gasteiger partial charge in [0.05, 0.1) is 19.5 Å². The molecule has 0 fully saturated rings. The van der Waals surface area contributed by atoms with E-state index in [-0.39, 0.29) is 50.7 Å². The molecular weight excluding hydrogens is 886 g/mol. The van der Waals surface area contributed by atoms with Crippen LogP contribution in [0.25, 0.3) is 0 Å². The molecule has 1 heterocycles. The number of benzene rings is 2. The lowest BCUT2D eigenvalue weighted by Crippen LogP contribution is -2.31. The molecule has 0 aliphatic rings. The number of ether oxygens (including phenoxy) is 4. The second-order valence-electron chi connectivity index (χ2n) is 15.9. The normalized spacial score (nSPS) is 11.6. The molecule has 3 aromatic rings. The first-order chi connectivity index (χ1) is 30.6. The number of carbonyl (C=O) groups excluding carboxylic acids is 3. The summed E-state index contributed by atoms with van der Waals surface area (Å²) in [4.78, 5) is 40.3. The third-order valence-corrected chi connectivity index (χ3v) is 11.5. The van der Waals surface area contributed by atoms with Gasteiger partial charge < -0.3 is 28.6 Å². The Balaban J connectivity index is 0.000000467. The molecule has 0 saturated carbocycles. The second kappa shape index (κ2) is 36.4. The average molecular weight is 958 g/mol. The smallest absolute Gasteiger partial charge is 0.306 e. The van der Waals surface area contributed by atoms with Gasteiger partial charge in [-0.25, -0.2) is 4.98 Å². The number of halogens is 4. The zero-order valence-corrected chi connectivity index (χ0v) is 40.6. The number of imidazole rings is 1. The van der Waals surface area contributed by atoms with Gasteiger partial charge in [-0.05, 0) is 42.7 Å². The Morgan fingerprint density at radius 3 is 1.60 bits per heavy atom. The SMILES string of the molecule is CCCCCCCCCCCC(=O)OCC(COC(=O)CCCCCCCCCCC)OC(=O)CCC[O-].Clc1ccc(COC(Cn2ccnc2)c2ccc(Cl)cc2Cl)c(Cl)c1. The fourth-order valence-electron chi connectivity index (χ4n) is 6.67. The van der Waals surface area contributed by atoms with Crippen molar-refractivity contribution in [2.75, 3.05) is 19.8 Å². The Labute approximate surface area is 397 Å². The van der Waals surface area contributed by atoms with Crippen LogP contribution in [0.4, 0.5) is 0 Å². The summed E-state index contributed by atoms with van der Waals surface area (Å²) in [6.45, 7) is 4.66. The lowest BCUT2D eigenvalue weighted by atomic mass is 10.1. The summed E-state index contributed by atoms with van der Waals surface area (Å²) in [5.41, 5.74) is 1.71. The van der Waals surface area contributed by atoms with Crippen molar-refractivity contribution in [2.45, 2.75) is 180 Å². The Bertz CT molecular complexity index is 1620. The summed E-state index contributed by atoms with van der Waals surface area (Å²) < 4.78 is 24.0. The number of nitrogens with zero attached hydrogens (tertiary/aromatic N) is 2. The van der Waals surface area contributed by atoms with Gasteiger partial charge in [0.2, 0.25) is 0 Å². The molecule has 0 aliphatic carbocycles. The molecule has 1 atom stereocenters. The molecule has 3 rings (SSSR count). The van der Waals surface area contributed by atoms with Crippen LogP contribution in [0.5, 0.6) is 0 Å². The molecule has 0 saturated heterocycles. The van der Waals surface area contributed by atoms with Gasteiger partial charge in [0.1, 0.15) is 19.3 Å². The monoisotopic (exact) mass is 955 g/mol. The number of hydrogen-bond acceptors (Lipinski definition) is 9. The highest BCUT2D eigenvalue weighted by Gasteiger charge is 2.20. The molecule has 2 aromatic carbocycles. The Morgan fingerprint density at radius 1 is 0.635 bits per heavy atom. The van der Waals surface area contributed by atoms with Crippen molar-refractivity contribution < 1.29 is 38.4 Å². The minimum absolute atomic E-state index is 0.00121. The largest absolute Gasteiger partial charge is 0.854 e. The van der Waals surface area contributed by atoms with E-state index in [1.807, 2.05) is 22.9 Å². The van der Waals surface area contributed by atoms with Crippen LogP contribution >= 0.6 is 46.4 Å². The van der Waals surface area contributed by atoms with Crippen molar-refractivity contribution >= 4 is 64.3 Å². The highest BCUT2D eigenvalue weighted by molar-refractivity contribution is 6.35. The van der Waals surface area contributed by atoms with Gasteiger partial charge >= 0.3 is 17.9 Å². The molecule has 63 heavy (non-hydrogen) atoms. The van der Waals surface area contributed by atoms with Gasteiger partial charge in [0, 0.05) is 57.3 Å². The maximum Gasteiger partial charge on any atom is 0.306 e. The average Bonchev–Trinajstić information content (AvgIpc) is 3.78. The van der Waals surface area contributed by atoms with E-state index < -0.39 is 12.1 Å². The van der Waals surface area contributed by atoms with E-state index in [2.05, 4.69) is 18.8 Å². The van der Waals surface area contributed by atoms with Crippen molar-refractivity contribution in [3.8, 4) is 0 Å². The van der Waals surface area contributed by atoms with Gasteiger partial charge in [0.15, 0.2) is 6.10 Å². The summed E-state index contributed by atoms with van der Waals surface area (Å²) in [6, 6.07) is 10.7. The van der Waals surface area contributed by atoms with Gasteiger partial charge in [-0.15, -0.1) is 6.61 Å². The quantitative estimate of drug-likeness (QED) is 0.0326. The van der Waals surface area contributed by atoms with Crippen LogP contribution in [0, 0.1) is 0 Å². The second-order valence-corrected chi connectivity index (χ2v) is 17.6.